The summed E-state index contributed by atoms with van der Waals surface area (Å²) in [5.41, 5.74) is -0.883. The van der Waals surface area contributed by atoms with Gasteiger partial charge in [-0.3, -0.25) is 4.79 Å². The lowest BCUT2D eigenvalue weighted by Gasteiger charge is -2.29. The summed E-state index contributed by atoms with van der Waals surface area (Å²) >= 11 is 0. The number of hydrogen-bond acceptors (Lipinski definition) is 3. The zero-order valence-electron chi connectivity index (χ0n) is 10.7. The van der Waals surface area contributed by atoms with E-state index in [0.717, 1.165) is 51.6 Å². The second-order valence-electron chi connectivity index (χ2n) is 5.67. The van der Waals surface area contributed by atoms with Crippen LogP contribution in [0.4, 0.5) is 0 Å². The predicted octanol–water partition coefficient (Wildman–Crippen LogP) is 0.797. The van der Waals surface area contributed by atoms with Gasteiger partial charge in [0.25, 0.3) is 0 Å². The van der Waals surface area contributed by atoms with Crippen molar-refractivity contribution in [3.8, 4) is 0 Å². The highest BCUT2D eigenvalue weighted by molar-refractivity contribution is 5.83. The van der Waals surface area contributed by atoms with E-state index in [1.807, 2.05) is 0 Å². The van der Waals surface area contributed by atoms with Crippen molar-refractivity contribution in [1.82, 2.24) is 10.6 Å². The normalized spacial score (nSPS) is 31.6. The number of nitrogens with one attached hydrogen (secondary N) is 2. The molecule has 1 heterocycles. The summed E-state index contributed by atoms with van der Waals surface area (Å²) in [7, 11) is 0. The van der Waals surface area contributed by atoms with Crippen molar-refractivity contribution in [2.75, 3.05) is 19.6 Å². The Bertz CT molecular complexity index is 279. The third-order valence-electron chi connectivity index (χ3n) is 4.51. The Hall–Kier alpha value is -0.610. The van der Waals surface area contributed by atoms with Crippen LogP contribution in [-0.2, 0) is 4.79 Å². The van der Waals surface area contributed by atoms with Gasteiger partial charge in [-0.05, 0) is 32.2 Å². The molecule has 1 saturated heterocycles. The van der Waals surface area contributed by atoms with Crippen LogP contribution in [0.25, 0.3) is 0 Å². The van der Waals surface area contributed by atoms with Crippen LogP contribution in [0.3, 0.4) is 0 Å². The van der Waals surface area contributed by atoms with E-state index < -0.39 is 5.60 Å². The number of hydrogen-bond donors (Lipinski definition) is 3. The fourth-order valence-corrected chi connectivity index (χ4v) is 3.04. The molecule has 0 radical (unpaired) electrons. The van der Waals surface area contributed by atoms with Crippen LogP contribution in [0.2, 0.25) is 0 Å². The first kappa shape index (κ1) is 12.8. The molecule has 0 spiro atoms. The van der Waals surface area contributed by atoms with Crippen molar-refractivity contribution < 1.29 is 9.90 Å². The molecule has 3 N–H and O–H groups in total. The molecule has 1 unspecified atom stereocenters. The van der Waals surface area contributed by atoms with Gasteiger partial charge in [-0.25, -0.2) is 0 Å². The van der Waals surface area contributed by atoms with Crippen LogP contribution >= 0.6 is 0 Å². The summed E-state index contributed by atoms with van der Waals surface area (Å²) in [4.78, 5) is 12.2. The molecule has 0 aromatic heterocycles. The second kappa shape index (κ2) is 4.94. The van der Waals surface area contributed by atoms with E-state index in [2.05, 4.69) is 17.6 Å². The molecule has 0 aromatic rings. The Morgan fingerprint density at radius 2 is 2.06 bits per heavy atom. The summed E-state index contributed by atoms with van der Waals surface area (Å²) < 4.78 is 0. The molecule has 4 nitrogen and oxygen atoms in total. The van der Waals surface area contributed by atoms with Crippen LogP contribution in [0.1, 0.15) is 45.4 Å². The maximum Gasteiger partial charge on any atom is 0.227 e. The summed E-state index contributed by atoms with van der Waals surface area (Å²) in [6.45, 7) is 4.18. The Morgan fingerprint density at radius 3 is 2.59 bits per heavy atom. The predicted molar refractivity (Wildman–Crippen MR) is 66.6 cm³/mol. The molecule has 1 atom stereocenters. The van der Waals surface area contributed by atoms with E-state index in [9.17, 15) is 9.90 Å². The highest BCUT2D eigenvalue weighted by atomic mass is 16.3. The Kier molecular flexibility index (Phi) is 3.73. The van der Waals surface area contributed by atoms with Crippen molar-refractivity contribution in [3.05, 3.63) is 0 Å². The molecule has 2 rings (SSSR count). The van der Waals surface area contributed by atoms with Crippen LogP contribution < -0.4 is 10.6 Å². The summed E-state index contributed by atoms with van der Waals surface area (Å²) in [6, 6.07) is 0. The maximum absolute atomic E-state index is 12.2. The minimum absolute atomic E-state index is 0.116. The molecule has 1 aliphatic carbocycles. The van der Waals surface area contributed by atoms with E-state index >= 15 is 0 Å². The summed E-state index contributed by atoms with van der Waals surface area (Å²) in [6.07, 6.45) is 5.58. The Labute approximate surface area is 103 Å². The average Bonchev–Trinajstić information content (AvgIpc) is 2.96. The van der Waals surface area contributed by atoms with Crippen LogP contribution in [0, 0.1) is 5.41 Å². The molecule has 4 heteroatoms. The van der Waals surface area contributed by atoms with Gasteiger partial charge < -0.3 is 15.7 Å². The van der Waals surface area contributed by atoms with Gasteiger partial charge in [0.1, 0.15) is 0 Å². The molecule has 0 bridgehead atoms. The third-order valence-corrected chi connectivity index (χ3v) is 4.51. The minimum Gasteiger partial charge on any atom is -0.388 e. The molecule has 0 aromatic carbocycles. The molecule has 2 aliphatic rings. The fraction of sp³-hybridized carbons (Fsp3) is 0.923. The van der Waals surface area contributed by atoms with Gasteiger partial charge in [0.05, 0.1) is 11.0 Å². The van der Waals surface area contributed by atoms with Crippen molar-refractivity contribution in [2.45, 2.75) is 51.0 Å². The van der Waals surface area contributed by atoms with E-state index in [1.165, 1.54) is 0 Å². The second-order valence-corrected chi connectivity index (χ2v) is 5.67. The molecule has 98 valence electrons. The zero-order valence-corrected chi connectivity index (χ0v) is 10.7. The van der Waals surface area contributed by atoms with Gasteiger partial charge in [-0.2, -0.15) is 0 Å². The molecule has 2 fully saturated rings. The van der Waals surface area contributed by atoms with Crippen LogP contribution in [0.15, 0.2) is 0 Å². The number of amides is 1. The summed E-state index contributed by atoms with van der Waals surface area (Å²) in [5, 5.41) is 16.4. The van der Waals surface area contributed by atoms with Gasteiger partial charge in [0, 0.05) is 13.1 Å². The molecular weight excluding hydrogens is 216 g/mol. The first-order chi connectivity index (χ1) is 8.10. The molecule has 1 saturated carbocycles. The standard InChI is InChI=1S/C13H24N2O2/c1-2-12(7-8-14-9-12)11(16)15-10-13(17)5-3-4-6-13/h14,17H,2-10H2,1H3,(H,15,16). The van der Waals surface area contributed by atoms with Gasteiger partial charge in [0.2, 0.25) is 5.91 Å². The quantitative estimate of drug-likeness (QED) is 0.681. The molecular formula is C13H24N2O2. The van der Waals surface area contributed by atoms with E-state index in [4.69, 9.17) is 0 Å². The number of rotatable bonds is 4. The largest absolute Gasteiger partial charge is 0.388 e. The Balaban J connectivity index is 1.88. The minimum atomic E-state index is -0.642. The first-order valence-electron chi connectivity index (χ1n) is 6.82. The summed E-state index contributed by atoms with van der Waals surface area (Å²) in [5.74, 6) is 0.116. The molecule has 1 amide bonds. The molecule has 1 aliphatic heterocycles. The topological polar surface area (TPSA) is 61.4 Å². The smallest absolute Gasteiger partial charge is 0.227 e. The van der Waals surface area contributed by atoms with Crippen molar-refractivity contribution in [3.63, 3.8) is 0 Å². The SMILES string of the molecule is CCC1(C(=O)NCC2(O)CCCC2)CCNC1. The highest BCUT2D eigenvalue weighted by Crippen LogP contribution is 2.31. The monoisotopic (exact) mass is 240 g/mol. The van der Waals surface area contributed by atoms with E-state index in [0.29, 0.717) is 6.54 Å². The van der Waals surface area contributed by atoms with Crippen LogP contribution in [-0.4, -0.2) is 36.2 Å². The zero-order chi connectivity index (χ0) is 12.4. The fourth-order valence-electron chi connectivity index (χ4n) is 3.04. The van der Waals surface area contributed by atoms with Gasteiger partial charge in [0.15, 0.2) is 0 Å². The Morgan fingerprint density at radius 1 is 1.35 bits per heavy atom. The van der Waals surface area contributed by atoms with Gasteiger partial charge in [-0.15, -0.1) is 0 Å². The van der Waals surface area contributed by atoms with Crippen molar-refractivity contribution >= 4 is 5.91 Å². The van der Waals surface area contributed by atoms with Crippen LogP contribution in [0.5, 0.6) is 0 Å². The lowest BCUT2D eigenvalue weighted by atomic mass is 9.83. The lowest BCUT2D eigenvalue weighted by molar-refractivity contribution is -0.131. The number of carbonyl (C=O) groups is 1. The third kappa shape index (κ3) is 2.63. The number of aliphatic hydroxyl groups is 1. The maximum atomic E-state index is 12.2. The van der Waals surface area contributed by atoms with Crippen molar-refractivity contribution in [2.24, 2.45) is 5.41 Å². The average molecular weight is 240 g/mol. The van der Waals surface area contributed by atoms with E-state index in [1.54, 1.807) is 0 Å². The van der Waals surface area contributed by atoms with E-state index in [-0.39, 0.29) is 11.3 Å². The lowest BCUT2D eigenvalue weighted by Crippen LogP contribution is -2.48. The van der Waals surface area contributed by atoms with Gasteiger partial charge in [-0.1, -0.05) is 19.8 Å². The molecule has 17 heavy (non-hydrogen) atoms. The number of carbonyl (C=O) groups excluding carboxylic acids is 1. The highest BCUT2D eigenvalue weighted by Gasteiger charge is 2.40. The van der Waals surface area contributed by atoms with Crippen molar-refractivity contribution in [1.29, 1.82) is 0 Å². The first-order valence-corrected chi connectivity index (χ1v) is 6.82. The van der Waals surface area contributed by atoms with Gasteiger partial charge >= 0.3 is 0 Å².